The number of likely N-dealkylation sites (tertiary alicyclic amines) is 1. The van der Waals surface area contributed by atoms with Gasteiger partial charge in [-0.1, -0.05) is 12.1 Å². The molecule has 1 atom stereocenters. The molecule has 0 spiro atoms. The molecule has 1 aliphatic heterocycles. The molecule has 100 valence electrons. The van der Waals surface area contributed by atoms with Crippen LogP contribution in [0.3, 0.4) is 0 Å². The van der Waals surface area contributed by atoms with Crippen LogP contribution in [0.4, 0.5) is 4.79 Å². The van der Waals surface area contributed by atoms with Gasteiger partial charge < -0.3 is 14.7 Å². The van der Waals surface area contributed by atoms with Gasteiger partial charge in [-0.05, 0) is 33.1 Å². The minimum Gasteiger partial charge on any atom is -0.361 e. The molecule has 0 bridgehead atoms. The van der Waals surface area contributed by atoms with Gasteiger partial charge in [0.05, 0.1) is 11.7 Å². The zero-order valence-corrected chi connectivity index (χ0v) is 11.3. The van der Waals surface area contributed by atoms with Crippen LogP contribution in [-0.2, 0) is 0 Å². The maximum Gasteiger partial charge on any atom is 0.317 e. The second kappa shape index (κ2) is 5.42. The van der Waals surface area contributed by atoms with Crippen LogP contribution in [0, 0.1) is 13.8 Å². The van der Waals surface area contributed by atoms with Crippen molar-refractivity contribution in [2.75, 3.05) is 13.1 Å². The summed E-state index contributed by atoms with van der Waals surface area (Å²) in [6.07, 6.45) is 2.98. The van der Waals surface area contributed by atoms with E-state index in [2.05, 4.69) is 17.4 Å². The number of nitrogens with zero attached hydrogens (tertiary/aromatic N) is 2. The van der Waals surface area contributed by atoms with Crippen molar-refractivity contribution in [1.82, 2.24) is 15.4 Å². The molecular weight excluding hydrogens is 230 g/mol. The predicted octanol–water partition coefficient (Wildman–Crippen LogP) is 2.55. The molecule has 1 fully saturated rings. The third-order valence-corrected chi connectivity index (χ3v) is 3.46. The van der Waals surface area contributed by atoms with Crippen LogP contribution in [0.15, 0.2) is 4.52 Å². The Labute approximate surface area is 108 Å². The number of urea groups is 1. The molecule has 2 rings (SSSR count). The van der Waals surface area contributed by atoms with E-state index in [0.717, 1.165) is 49.4 Å². The van der Waals surface area contributed by atoms with E-state index in [-0.39, 0.29) is 12.1 Å². The van der Waals surface area contributed by atoms with Gasteiger partial charge in [-0.25, -0.2) is 4.79 Å². The molecule has 0 aliphatic carbocycles. The first-order valence-electron chi connectivity index (χ1n) is 6.62. The predicted molar refractivity (Wildman–Crippen MR) is 68.3 cm³/mol. The number of aryl methyl sites for hydroxylation is 2. The Morgan fingerprint density at radius 1 is 1.56 bits per heavy atom. The molecule has 1 saturated heterocycles. The van der Waals surface area contributed by atoms with E-state index in [1.807, 2.05) is 18.7 Å². The standard InChI is InChI=1S/C13H21N3O2/c1-4-7-14-13(17)16-8-5-6-11(16)12-9(2)15-18-10(12)3/h11H,4-8H2,1-3H3,(H,14,17)/t11-/m0/s1. The highest BCUT2D eigenvalue weighted by Gasteiger charge is 2.33. The Bertz CT molecular complexity index is 408. The zero-order valence-electron chi connectivity index (χ0n) is 11.3. The van der Waals surface area contributed by atoms with Gasteiger partial charge in [0.15, 0.2) is 0 Å². The Balaban J connectivity index is 2.15. The fourth-order valence-electron chi connectivity index (χ4n) is 2.61. The maximum atomic E-state index is 12.1. The van der Waals surface area contributed by atoms with Crippen molar-refractivity contribution in [2.45, 2.75) is 46.1 Å². The lowest BCUT2D eigenvalue weighted by molar-refractivity contribution is 0.192. The summed E-state index contributed by atoms with van der Waals surface area (Å²) in [4.78, 5) is 14.0. The molecular formula is C13H21N3O2. The molecule has 0 radical (unpaired) electrons. The van der Waals surface area contributed by atoms with E-state index in [9.17, 15) is 4.79 Å². The summed E-state index contributed by atoms with van der Waals surface area (Å²) in [6.45, 7) is 7.44. The van der Waals surface area contributed by atoms with Gasteiger partial charge >= 0.3 is 6.03 Å². The lowest BCUT2D eigenvalue weighted by Gasteiger charge is -2.24. The van der Waals surface area contributed by atoms with Crippen molar-refractivity contribution in [2.24, 2.45) is 0 Å². The van der Waals surface area contributed by atoms with E-state index in [0.29, 0.717) is 0 Å². The summed E-state index contributed by atoms with van der Waals surface area (Å²) in [5.74, 6) is 0.827. The highest BCUT2D eigenvalue weighted by Crippen LogP contribution is 2.35. The van der Waals surface area contributed by atoms with Gasteiger partial charge in [-0.15, -0.1) is 0 Å². The fraction of sp³-hybridized carbons (Fsp3) is 0.692. The molecule has 5 nitrogen and oxygen atoms in total. The molecule has 5 heteroatoms. The molecule has 18 heavy (non-hydrogen) atoms. The number of carbonyl (C=O) groups is 1. The number of rotatable bonds is 3. The van der Waals surface area contributed by atoms with Crippen molar-refractivity contribution < 1.29 is 9.32 Å². The van der Waals surface area contributed by atoms with Crippen molar-refractivity contribution in [1.29, 1.82) is 0 Å². The minimum absolute atomic E-state index is 0.0272. The van der Waals surface area contributed by atoms with Gasteiger partial charge in [0.25, 0.3) is 0 Å². The Hall–Kier alpha value is -1.52. The minimum atomic E-state index is 0.0272. The molecule has 0 aromatic carbocycles. The summed E-state index contributed by atoms with van der Waals surface area (Å²) in [7, 11) is 0. The molecule has 1 N–H and O–H groups in total. The van der Waals surface area contributed by atoms with Gasteiger partial charge in [-0.3, -0.25) is 0 Å². The largest absolute Gasteiger partial charge is 0.361 e. The quantitative estimate of drug-likeness (QED) is 0.898. The molecule has 1 aliphatic rings. The van der Waals surface area contributed by atoms with Gasteiger partial charge in [0, 0.05) is 18.7 Å². The van der Waals surface area contributed by atoms with E-state index in [1.165, 1.54) is 0 Å². The second-order valence-electron chi connectivity index (χ2n) is 4.82. The first kappa shape index (κ1) is 12.9. The number of carbonyl (C=O) groups excluding carboxylic acids is 1. The van der Waals surface area contributed by atoms with Crippen LogP contribution >= 0.6 is 0 Å². The zero-order chi connectivity index (χ0) is 13.1. The van der Waals surface area contributed by atoms with Crippen LogP contribution in [-0.4, -0.2) is 29.2 Å². The Kier molecular flexibility index (Phi) is 3.89. The summed E-state index contributed by atoms with van der Waals surface area (Å²) < 4.78 is 5.21. The normalized spacial score (nSPS) is 19.3. The summed E-state index contributed by atoms with van der Waals surface area (Å²) in [5.41, 5.74) is 1.98. The number of hydrogen-bond donors (Lipinski definition) is 1. The van der Waals surface area contributed by atoms with Crippen molar-refractivity contribution in [3.63, 3.8) is 0 Å². The fourth-order valence-corrected chi connectivity index (χ4v) is 2.61. The number of amides is 2. The van der Waals surface area contributed by atoms with E-state index in [4.69, 9.17) is 4.52 Å². The molecule has 0 unspecified atom stereocenters. The lowest BCUT2D eigenvalue weighted by Crippen LogP contribution is -2.39. The number of aromatic nitrogens is 1. The molecule has 1 aromatic heterocycles. The van der Waals surface area contributed by atoms with Crippen molar-refractivity contribution in [3.8, 4) is 0 Å². The second-order valence-corrected chi connectivity index (χ2v) is 4.82. The summed E-state index contributed by atoms with van der Waals surface area (Å²) in [5, 5.41) is 6.92. The molecule has 1 aromatic rings. The number of hydrogen-bond acceptors (Lipinski definition) is 3. The topological polar surface area (TPSA) is 58.4 Å². The van der Waals surface area contributed by atoms with E-state index >= 15 is 0 Å². The Morgan fingerprint density at radius 3 is 2.94 bits per heavy atom. The summed E-state index contributed by atoms with van der Waals surface area (Å²) in [6, 6.07) is 0.146. The van der Waals surface area contributed by atoms with E-state index in [1.54, 1.807) is 0 Å². The van der Waals surface area contributed by atoms with Crippen LogP contribution in [0.5, 0.6) is 0 Å². The highest BCUT2D eigenvalue weighted by molar-refractivity contribution is 5.75. The first-order valence-corrected chi connectivity index (χ1v) is 6.62. The number of nitrogens with one attached hydrogen (secondary N) is 1. The molecule has 2 amide bonds. The van der Waals surface area contributed by atoms with Gasteiger partial charge in [-0.2, -0.15) is 0 Å². The maximum absolute atomic E-state index is 12.1. The first-order chi connectivity index (χ1) is 8.65. The van der Waals surface area contributed by atoms with Crippen LogP contribution in [0.1, 0.15) is 49.2 Å². The third-order valence-electron chi connectivity index (χ3n) is 3.46. The highest BCUT2D eigenvalue weighted by atomic mass is 16.5. The SMILES string of the molecule is CCCNC(=O)N1CCC[C@H]1c1c(C)noc1C. The monoisotopic (exact) mass is 251 g/mol. The van der Waals surface area contributed by atoms with Gasteiger partial charge in [0.1, 0.15) is 5.76 Å². The molecule has 2 heterocycles. The molecule has 0 saturated carbocycles. The van der Waals surface area contributed by atoms with Crippen molar-refractivity contribution >= 4 is 6.03 Å². The third kappa shape index (κ3) is 2.35. The Morgan fingerprint density at radius 2 is 2.33 bits per heavy atom. The summed E-state index contributed by atoms with van der Waals surface area (Å²) >= 11 is 0. The van der Waals surface area contributed by atoms with Crippen LogP contribution < -0.4 is 5.32 Å². The van der Waals surface area contributed by atoms with Gasteiger partial charge in [0.2, 0.25) is 0 Å². The lowest BCUT2D eigenvalue weighted by atomic mass is 10.0. The van der Waals surface area contributed by atoms with Crippen LogP contribution in [0.2, 0.25) is 0 Å². The van der Waals surface area contributed by atoms with Crippen LogP contribution in [0.25, 0.3) is 0 Å². The average Bonchev–Trinajstić information content (AvgIpc) is 2.93. The smallest absolute Gasteiger partial charge is 0.317 e. The van der Waals surface area contributed by atoms with E-state index < -0.39 is 0 Å². The average molecular weight is 251 g/mol. The van der Waals surface area contributed by atoms with Crippen molar-refractivity contribution in [3.05, 3.63) is 17.0 Å².